The number of carbonyl (C=O) groups is 3. The number of rotatable bonds is 4. The van der Waals surface area contributed by atoms with Crippen LogP contribution in [0.1, 0.15) is 28.0 Å². The normalized spacial score (nSPS) is 18.8. The Bertz CT molecular complexity index is 1110. The zero-order chi connectivity index (χ0) is 20.8. The number of benzene rings is 1. The predicted octanol–water partition coefficient (Wildman–Crippen LogP) is 2.96. The summed E-state index contributed by atoms with van der Waals surface area (Å²) in [6.07, 6.45) is 1.39. The van der Waals surface area contributed by atoms with Gasteiger partial charge in [-0.15, -0.1) is 11.3 Å². The van der Waals surface area contributed by atoms with E-state index in [1.807, 2.05) is 0 Å². The van der Waals surface area contributed by atoms with Crippen molar-refractivity contribution in [2.45, 2.75) is 19.4 Å². The number of furan rings is 1. The molecule has 1 aromatic carbocycles. The number of hydrogen-bond acceptors (Lipinski definition) is 6. The maximum atomic E-state index is 13.1. The van der Waals surface area contributed by atoms with Gasteiger partial charge in [-0.3, -0.25) is 15.0 Å². The molecule has 0 aliphatic carbocycles. The van der Waals surface area contributed by atoms with Crippen molar-refractivity contribution >= 4 is 29.2 Å². The molecule has 0 spiro atoms. The summed E-state index contributed by atoms with van der Waals surface area (Å²) >= 11 is 1.08. The highest BCUT2D eigenvalue weighted by molar-refractivity contribution is 7.17. The van der Waals surface area contributed by atoms with Crippen LogP contribution in [0.2, 0.25) is 0 Å². The van der Waals surface area contributed by atoms with Gasteiger partial charge in [-0.1, -0.05) is 0 Å². The molecular weight excluding hydrogens is 399 g/mol. The molecule has 2 aromatic heterocycles. The topological polar surface area (TPSA) is 105 Å². The average molecular weight is 414 g/mol. The largest absolute Gasteiger partial charge is 0.466 e. The molecule has 1 fully saturated rings. The summed E-state index contributed by atoms with van der Waals surface area (Å²) < 4.78 is 18.4. The Morgan fingerprint density at radius 1 is 1.28 bits per heavy atom. The molecule has 1 saturated heterocycles. The van der Waals surface area contributed by atoms with E-state index in [9.17, 15) is 18.8 Å². The van der Waals surface area contributed by atoms with Crippen molar-refractivity contribution in [2.24, 2.45) is 0 Å². The lowest BCUT2D eigenvalue weighted by atomic mass is 10.00. The molecular formula is C19H15FN4O4S. The summed E-state index contributed by atoms with van der Waals surface area (Å²) in [6.45, 7) is 3.13. The second-order valence-corrected chi connectivity index (χ2v) is 7.55. The fourth-order valence-electron chi connectivity index (χ4n) is 2.95. The number of aromatic nitrogens is 1. The van der Waals surface area contributed by atoms with Gasteiger partial charge in [0.1, 0.15) is 21.5 Å². The van der Waals surface area contributed by atoms with E-state index >= 15 is 0 Å². The number of carbonyl (C=O) groups excluding carboxylic acids is 3. The summed E-state index contributed by atoms with van der Waals surface area (Å²) in [5, 5.41) is 3.67. The van der Waals surface area contributed by atoms with E-state index in [4.69, 9.17) is 4.42 Å². The minimum Gasteiger partial charge on any atom is -0.466 e. The second-order valence-electron chi connectivity index (χ2n) is 6.55. The van der Waals surface area contributed by atoms with Gasteiger partial charge in [0.15, 0.2) is 5.54 Å². The van der Waals surface area contributed by atoms with Crippen molar-refractivity contribution in [2.75, 3.05) is 0 Å². The van der Waals surface area contributed by atoms with Crippen LogP contribution in [0.25, 0.3) is 10.6 Å². The number of amides is 4. The first-order chi connectivity index (χ1) is 13.8. The van der Waals surface area contributed by atoms with E-state index in [0.717, 1.165) is 11.3 Å². The van der Waals surface area contributed by atoms with E-state index < -0.39 is 23.4 Å². The molecule has 10 heteroatoms. The minimum atomic E-state index is -1.42. The van der Waals surface area contributed by atoms with Gasteiger partial charge in [0, 0.05) is 5.56 Å². The highest BCUT2D eigenvalue weighted by Gasteiger charge is 2.52. The quantitative estimate of drug-likeness (QED) is 0.639. The van der Waals surface area contributed by atoms with E-state index in [-0.39, 0.29) is 16.5 Å². The van der Waals surface area contributed by atoms with Crippen molar-refractivity contribution in [1.29, 1.82) is 0 Å². The molecule has 0 bridgehead atoms. The second kappa shape index (κ2) is 6.82. The van der Waals surface area contributed by atoms with Crippen molar-refractivity contribution in [3.8, 4) is 10.6 Å². The highest BCUT2D eigenvalue weighted by Crippen LogP contribution is 2.30. The van der Waals surface area contributed by atoms with Crippen molar-refractivity contribution in [3.05, 3.63) is 64.8 Å². The zero-order valence-corrected chi connectivity index (χ0v) is 16.2. The van der Waals surface area contributed by atoms with Crippen LogP contribution in [-0.4, -0.2) is 27.8 Å². The predicted molar refractivity (Wildman–Crippen MR) is 101 cm³/mol. The van der Waals surface area contributed by atoms with Gasteiger partial charge in [-0.05, 0) is 50.2 Å². The monoisotopic (exact) mass is 414 g/mol. The van der Waals surface area contributed by atoms with Crippen molar-refractivity contribution < 1.29 is 23.2 Å². The fourth-order valence-corrected chi connectivity index (χ4v) is 3.91. The molecule has 148 valence electrons. The number of urea groups is 1. The number of nitrogens with one attached hydrogen (secondary N) is 2. The summed E-state index contributed by atoms with van der Waals surface area (Å²) in [7, 11) is 0. The van der Waals surface area contributed by atoms with Gasteiger partial charge in [-0.25, -0.2) is 14.2 Å². The zero-order valence-electron chi connectivity index (χ0n) is 15.4. The molecule has 2 N–H and O–H groups in total. The van der Waals surface area contributed by atoms with Gasteiger partial charge >= 0.3 is 6.03 Å². The summed E-state index contributed by atoms with van der Waals surface area (Å²) in [5.74, 6) is -1.45. The summed E-state index contributed by atoms with van der Waals surface area (Å²) in [6, 6.07) is 8.10. The van der Waals surface area contributed by atoms with Crippen LogP contribution in [-0.2, 0) is 10.3 Å². The van der Waals surface area contributed by atoms with E-state index in [1.54, 1.807) is 31.2 Å². The molecule has 4 amide bonds. The average Bonchev–Trinajstić information content (AvgIpc) is 3.39. The first kappa shape index (κ1) is 18.8. The number of imide groups is 1. The molecule has 29 heavy (non-hydrogen) atoms. The van der Waals surface area contributed by atoms with E-state index in [2.05, 4.69) is 15.7 Å². The Morgan fingerprint density at radius 2 is 2.00 bits per heavy atom. The number of aryl methyl sites for hydroxylation is 1. The Kier molecular flexibility index (Phi) is 4.42. The first-order valence-electron chi connectivity index (χ1n) is 8.54. The van der Waals surface area contributed by atoms with Gasteiger partial charge in [0.25, 0.3) is 11.8 Å². The van der Waals surface area contributed by atoms with Crippen molar-refractivity contribution in [1.82, 2.24) is 20.7 Å². The Labute approximate surface area is 168 Å². The fraction of sp³-hybridized carbons (Fsp3) is 0.158. The van der Waals surface area contributed by atoms with E-state index in [0.29, 0.717) is 21.3 Å². The maximum Gasteiger partial charge on any atom is 0.344 e. The third kappa shape index (κ3) is 3.17. The number of thiazole rings is 1. The Morgan fingerprint density at radius 3 is 2.66 bits per heavy atom. The van der Waals surface area contributed by atoms with Crippen LogP contribution in [0.15, 0.2) is 47.1 Å². The standard InChI is InChI=1S/C19H15FN4O4S/c1-10-14(29-16(21-10)11-5-7-12(20)8-6-11)15(25)23-24-17(26)19(2,22-18(24)27)13-4-3-9-28-13/h3-9H,1-2H3,(H,22,27)(H,23,25). The smallest absolute Gasteiger partial charge is 0.344 e. The SMILES string of the molecule is Cc1nc(-c2ccc(F)cc2)sc1C(=O)NN1C(=O)NC(C)(c2ccco2)C1=O. The molecule has 0 radical (unpaired) electrons. The van der Waals surface area contributed by atoms with Crippen LogP contribution in [0, 0.1) is 12.7 Å². The lowest BCUT2D eigenvalue weighted by molar-refractivity contribution is -0.133. The summed E-state index contributed by atoms with van der Waals surface area (Å²) in [5.41, 5.74) is 1.98. The molecule has 0 saturated carbocycles. The van der Waals surface area contributed by atoms with Crippen molar-refractivity contribution in [3.63, 3.8) is 0 Å². The third-order valence-electron chi connectivity index (χ3n) is 4.51. The molecule has 1 aliphatic rings. The lowest BCUT2D eigenvalue weighted by Crippen LogP contribution is -2.47. The molecule has 1 unspecified atom stereocenters. The lowest BCUT2D eigenvalue weighted by Gasteiger charge is -2.18. The molecule has 1 aliphatic heterocycles. The van der Waals surface area contributed by atoms with Crippen LogP contribution >= 0.6 is 11.3 Å². The Balaban J connectivity index is 1.56. The number of nitrogens with zero attached hydrogens (tertiary/aromatic N) is 2. The van der Waals surface area contributed by atoms with Crippen LogP contribution in [0.5, 0.6) is 0 Å². The Hall–Kier alpha value is -3.53. The number of halogens is 1. The van der Waals surface area contributed by atoms with Crippen LogP contribution in [0.3, 0.4) is 0 Å². The van der Waals surface area contributed by atoms with Crippen LogP contribution < -0.4 is 10.7 Å². The van der Waals surface area contributed by atoms with Gasteiger partial charge in [0.2, 0.25) is 0 Å². The molecule has 8 nitrogen and oxygen atoms in total. The molecule has 3 heterocycles. The van der Waals surface area contributed by atoms with Crippen LogP contribution in [0.4, 0.5) is 9.18 Å². The molecule has 3 aromatic rings. The number of hydrazine groups is 1. The minimum absolute atomic E-state index is 0.233. The third-order valence-corrected chi connectivity index (χ3v) is 5.72. The summed E-state index contributed by atoms with van der Waals surface area (Å²) in [4.78, 5) is 42.3. The van der Waals surface area contributed by atoms with Gasteiger partial charge in [-0.2, -0.15) is 5.01 Å². The number of hydrogen-bond donors (Lipinski definition) is 2. The molecule has 1 atom stereocenters. The van der Waals surface area contributed by atoms with E-state index in [1.165, 1.54) is 25.3 Å². The first-order valence-corrected chi connectivity index (χ1v) is 9.36. The van der Waals surface area contributed by atoms with Gasteiger partial charge < -0.3 is 9.73 Å². The molecule has 4 rings (SSSR count). The maximum absolute atomic E-state index is 13.1. The van der Waals surface area contributed by atoms with Gasteiger partial charge in [0.05, 0.1) is 12.0 Å². The highest BCUT2D eigenvalue weighted by atomic mass is 32.1.